The van der Waals surface area contributed by atoms with Gasteiger partial charge in [0, 0.05) is 34.3 Å². The van der Waals surface area contributed by atoms with Crippen molar-refractivity contribution in [1.82, 2.24) is 4.98 Å². The molecule has 2 aromatic carbocycles. The Kier molecular flexibility index (Phi) is 4.43. The van der Waals surface area contributed by atoms with Crippen LogP contribution >= 0.6 is 0 Å². The number of aromatic amines is 1. The molecule has 128 valence electrons. The fourth-order valence-corrected chi connectivity index (χ4v) is 2.62. The average Bonchev–Trinajstić information content (AvgIpc) is 2.61. The van der Waals surface area contributed by atoms with E-state index in [0.29, 0.717) is 33.7 Å². The Morgan fingerprint density at radius 3 is 2.56 bits per heavy atom. The fraction of sp³-hybridized carbons (Fsp3) is 0.158. The van der Waals surface area contributed by atoms with Gasteiger partial charge in [-0.25, -0.2) is 0 Å². The summed E-state index contributed by atoms with van der Waals surface area (Å²) in [4.78, 5) is 27.8. The monoisotopic (exact) mass is 338 g/mol. The molecule has 3 rings (SSSR count). The molecule has 1 aromatic heterocycles. The van der Waals surface area contributed by atoms with Gasteiger partial charge in [0.2, 0.25) is 0 Å². The van der Waals surface area contributed by atoms with Crippen LogP contribution in [0.25, 0.3) is 10.9 Å². The second-order valence-corrected chi connectivity index (χ2v) is 5.60. The number of amides is 1. The van der Waals surface area contributed by atoms with Gasteiger partial charge in [-0.3, -0.25) is 9.59 Å². The van der Waals surface area contributed by atoms with Crippen molar-refractivity contribution in [2.24, 2.45) is 0 Å². The number of aryl methyl sites for hydroxylation is 1. The summed E-state index contributed by atoms with van der Waals surface area (Å²) in [6.45, 7) is 1.82. The summed E-state index contributed by atoms with van der Waals surface area (Å²) in [7, 11) is 3.07. The average molecular weight is 338 g/mol. The molecule has 2 N–H and O–H groups in total. The molecular weight excluding hydrogens is 320 g/mol. The Balaban J connectivity index is 1.94. The van der Waals surface area contributed by atoms with Crippen molar-refractivity contribution >= 4 is 22.5 Å². The van der Waals surface area contributed by atoms with Gasteiger partial charge in [0.05, 0.1) is 19.9 Å². The number of benzene rings is 2. The number of fused-ring (bicyclic) bond motifs is 1. The largest absolute Gasteiger partial charge is 0.497 e. The molecule has 0 aliphatic heterocycles. The number of hydrogen-bond acceptors (Lipinski definition) is 4. The number of nitrogens with one attached hydrogen (secondary N) is 2. The third-order valence-corrected chi connectivity index (χ3v) is 3.88. The maximum absolute atomic E-state index is 12.5. The number of H-pyrrole nitrogens is 1. The highest BCUT2D eigenvalue weighted by atomic mass is 16.5. The van der Waals surface area contributed by atoms with E-state index in [1.165, 1.54) is 13.2 Å². The molecule has 0 bridgehead atoms. The van der Waals surface area contributed by atoms with Crippen LogP contribution in [0.4, 0.5) is 5.69 Å². The quantitative estimate of drug-likeness (QED) is 0.766. The van der Waals surface area contributed by atoms with Gasteiger partial charge in [-0.1, -0.05) is 0 Å². The van der Waals surface area contributed by atoms with Crippen LogP contribution in [-0.2, 0) is 0 Å². The number of methoxy groups -OCH3 is 2. The van der Waals surface area contributed by atoms with Gasteiger partial charge in [-0.15, -0.1) is 0 Å². The highest BCUT2D eigenvalue weighted by Gasteiger charge is 2.12. The van der Waals surface area contributed by atoms with Gasteiger partial charge in [0.15, 0.2) is 5.43 Å². The number of pyridine rings is 1. The standard InChI is InChI=1S/C19H18N2O4/c1-11-8-17(22)14-9-12(4-6-15(14)20-11)19(23)21-16-7-5-13(24-2)10-18(16)25-3/h4-10H,1-3H3,(H,20,22)(H,21,23). The highest BCUT2D eigenvalue weighted by molar-refractivity contribution is 6.06. The van der Waals surface area contributed by atoms with Crippen molar-refractivity contribution in [1.29, 1.82) is 0 Å². The highest BCUT2D eigenvalue weighted by Crippen LogP contribution is 2.29. The number of carbonyl (C=O) groups excluding carboxylic acids is 1. The van der Waals surface area contributed by atoms with E-state index in [1.807, 2.05) is 6.92 Å². The summed E-state index contributed by atoms with van der Waals surface area (Å²) in [5.41, 5.74) is 2.26. The molecule has 0 radical (unpaired) electrons. The molecule has 1 heterocycles. The number of hydrogen-bond donors (Lipinski definition) is 2. The molecular formula is C19H18N2O4. The maximum Gasteiger partial charge on any atom is 0.255 e. The minimum absolute atomic E-state index is 0.122. The molecule has 0 saturated heterocycles. The van der Waals surface area contributed by atoms with Crippen LogP contribution in [0, 0.1) is 6.92 Å². The van der Waals surface area contributed by atoms with E-state index in [0.717, 1.165) is 5.69 Å². The minimum atomic E-state index is -0.328. The van der Waals surface area contributed by atoms with E-state index in [2.05, 4.69) is 10.3 Å². The number of carbonyl (C=O) groups is 1. The van der Waals surface area contributed by atoms with Crippen LogP contribution in [0.5, 0.6) is 11.5 Å². The van der Waals surface area contributed by atoms with Crippen LogP contribution in [0.15, 0.2) is 47.3 Å². The lowest BCUT2D eigenvalue weighted by molar-refractivity contribution is 0.102. The first-order chi connectivity index (χ1) is 12.0. The predicted octanol–water partition coefficient (Wildman–Crippen LogP) is 3.11. The molecule has 0 atom stereocenters. The Labute approximate surface area is 144 Å². The molecule has 1 amide bonds. The van der Waals surface area contributed by atoms with Gasteiger partial charge < -0.3 is 19.8 Å². The molecule has 0 aliphatic carbocycles. The van der Waals surface area contributed by atoms with E-state index in [9.17, 15) is 9.59 Å². The Morgan fingerprint density at radius 1 is 1.04 bits per heavy atom. The molecule has 25 heavy (non-hydrogen) atoms. The van der Waals surface area contributed by atoms with Gasteiger partial charge >= 0.3 is 0 Å². The van der Waals surface area contributed by atoms with Crippen LogP contribution in [0.1, 0.15) is 16.1 Å². The number of aromatic nitrogens is 1. The molecule has 0 unspecified atom stereocenters. The SMILES string of the molecule is COc1ccc(NC(=O)c2ccc3[nH]c(C)cc(=O)c3c2)c(OC)c1. The molecule has 6 nitrogen and oxygen atoms in total. The van der Waals surface area contributed by atoms with Gasteiger partial charge in [-0.2, -0.15) is 0 Å². The van der Waals surface area contributed by atoms with E-state index in [4.69, 9.17) is 9.47 Å². The smallest absolute Gasteiger partial charge is 0.255 e. The van der Waals surface area contributed by atoms with Crippen molar-refractivity contribution in [2.45, 2.75) is 6.92 Å². The zero-order valence-corrected chi connectivity index (χ0v) is 14.2. The molecule has 6 heteroatoms. The number of rotatable bonds is 4. The van der Waals surface area contributed by atoms with Gasteiger partial charge in [0.25, 0.3) is 5.91 Å². The predicted molar refractivity (Wildman–Crippen MR) is 96.8 cm³/mol. The van der Waals surface area contributed by atoms with Crippen LogP contribution in [-0.4, -0.2) is 25.1 Å². The summed E-state index contributed by atoms with van der Waals surface area (Å²) in [6.07, 6.45) is 0. The van der Waals surface area contributed by atoms with Crippen LogP contribution < -0.4 is 20.2 Å². The summed E-state index contributed by atoms with van der Waals surface area (Å²) >= 11 is 0. The number of anilines is 1. The maximum atomic E-state index is 12.5. The molecule has 0 saturated carbocycles. The lowest BCUT2D eigenvalue weighted by Gasteiger charge is -2.12. The Hall–Kier alpha value is -3.28. The second-order valence-electron chi connectivity index (χ2n) is 5.60. The fourth-order valence-electron chi connectivity index (χ4n) is 2.62. The summed E-state index contributed by atoms with van der Waals surface area (Å²) in [6, 6.07) is 11.6. The zero-order chi connectivity index (χ0) is 18.0. The van der Waals surface area contributed by atoms with Crippen molar-refractivity contribution in [2.75, 3.05) is 19.5 Å². The lowest BCUT2D eigenvalue weighted by atomic mass is 10.1. The van der Waals surface area contributed by atoms with E-state index < -0.39 is 0 Å². The summed E-state index contributed by atoms with van der Waals surface area (Å²) < 4.78 is 10.4. The third-order valence-electron chi connectivity index (χ3n) is 3.88. The first-order valence-corrected chi connectivity index (χ1v) is 7.69. The first-order valence-electron chi connectivity index (χ1n) is 7.69. The van der Waals surface area contributed by atoms with Crippen molar-refractivity contribution < 1.29 is 14.3 Å². The lowest BCUT2D eigenvalue weighted by Crippen LogP contribution is -2.13. The third kappa shape index (κ3) is 3.33. The first kappa shape index (κ1) is 16.6. The summed E-state index contributed by atoms with van der Waals surface area (Å²) in [5.74, 6) is 0.787. The van der Waals surface area contributed by atoms with E-state index in [1.54, 1.807) is 43.5 Å². The number of ether oxygens (including phenoxy) is 2. The van der Waals surface area contributed by atoms with Crippen molar-refractivity contribution in [3.05, 3.63) is 63.9 Å². The van der Waals surface area contributed by atoms with Crippen LogP contribution in [0.3, 0.4) is 0 Å². The van der Waals surface area contributed by atoms with Crippen molar-refractivity contribution in [3.63, 3.8) is 0 Å². The second kappa shape index (κ2) is 6.68. The zero-order valence-electron chi connectivity index (χ0n) is 14.2. The molecule has 0 aliphatic rings. The van der Waals surface area contributed by atoms with Gasteiger partial charge in [0.1, 0.15) is 11.5 Å². The Bertz CT molecular complexity index is 1010. The van der Waals surface area contributed by atoms with E-state index in [-0.39, 0.29) is 11.3 Å². The summed E-state index contributed by atoms with van der Waals surface area (Å²) in [5, 5.41) is 3.27. The van der Waals surface area contributed by atoms with Gasteiger partial charge in [-0.05, 0) is 37.3 Å². The van der Waals surface area contributed by atoms with Crippen LogP contribution in [0.2, 0.25) is 0 Å². The van der Waals surface area contributed by atoms with Crippen molar-refractivity contribution in [3.8, 4) is 11.5 Å². The minimum Gasteiger partial charge on any atom is -0.497 e. The van der Waals surface area contributed by atoms with E-state index >= 15 is 0 Å². The molecule has 0 spiro atoms. The normalized spacial score (nSPS) is 10.5. The Morgan fingerprint density at radius 2 is 1.84 bits per heavy atom. The topological polar surface area (TPSA) is 80.4 Å². The molecule has 0 fully saturated rings. The molecule has 3 aromatic rings.